The van der Waals surface area contributed by atoms with Gasteiger partial charge in [0.15, 0.2) is 0 Å². The highest BCUT2D eigenvalue weighted by Gasteiger charge is 2.48. The van der Waals surface area contributed by atoms with Crippen LogP contribution >= 0.6 is 11.3 Å². The first kappa shape index (κ1) is 19.9. The molecule has 160 valence electrons. The largest absolute Gasteiger partial charge is 0.497 e. The van der Waals surface area contributed by atoms with Crippen molar-refractivity contribution < 1.29 is 19.0 Å². The summed E-state index contributed by atoms with van der Waals surface area (Å²) in [5.41, 5.74) is 1.44. The van der Waals surface area contributed by atoms with Crippen molar-refractivity contribution in [2.45, 2.75) is 24.3 Å². The third kappa shape index (κ3) is 4.12. The number of carbonyl (C=O) groups excluding carboxylic acids is 1. The van der Waals surface area contributed by atoms with Crippen molar-refractivity contribution in [1.29, 1.82) is 0 Å². The summed E-state index contributed by atoms with van der Waals surface area (Å²) in [6, 6.07) is 12.6. The highest BCUT2D eigenvalue weighted by molar-refractivity contribution is 7.13. The predicted molar refractivity (Wildman–Crippen MR) is 116 cm³/mol. The number of rotatable bonds is 6. The lowest BCUT2D eigenvalue weighted by Crippen LogP contribution is -2.44. The molecule has 0 bridgehead atoms. The fourth-order valence-corrected chi connectivity index (χ4v) is 4.59. The molecule has 2 aliphatic rings. The number of hydrogen-bond acceptors (Lipinski definition) is 8. The molecule has 2 N–H and O–H groups in total. The first-order valence-corrected chi connectivity index (χ1v) is 10.9. The van der Waals surface area contributed by atoms with Gasteiger partial charge in [-0.2, -0.15) is 0 Å². The van der Waals surface area contributed by atoms with E-state index < -0.39 is 0 Å². The zero-order chi connectivity index (χ0) is 21.2. The van der Waals surface area contributed by atoms with Crippen molar-refractivity contribution in [2.24, 2.45) is 0 Å². The molecule has 3 aromatic rings. The minimum absolute atomic E-state index is 0.0912. The molecule has 0 saturated carbocycles. The molecule has 0 unspecified atom stereocenters. The SMILES string of the molecule is COc1ccc(C(=O)N[C@H]2CO[C@H]3[C@@H]2OC[C@@H]3Nc2nccc(-c3cccs3)n2)cc1. The number of thiophene rings is 1. The molecule has 5 rings (SSSR count). The molecule has 0 spiro atoms. The lowest BCUT2D eigenvalue weighted by molar-refractivity contribution is 0.0652. The number of ether oxygens (including phenoxy) is 3. The summed E-state index contributed by atoms with van der Waals surface area (Å²) in [7, 11) is 1.59. The summed E-state index contributed by atoms with van der Waals surface area (Å²) in [4.78, 5) is 22.7. The van der Waals surface area contributed by atoms with Gasteiger partial charge in [0.25, 0.3) is 5.91 Å². The van der Waals surface area contributed by atoms with E-state index in [2.05, 4.69) is 20.6 Å². The first-order chi connectivity index (χ1) is 15.2. The second kappa shape index (κ2) is 8.62. The van der Waals surface area contributed by atoms with Gasteiger partial charge in [-0.3, -0.25) is 4.79 Å². The molecule has 2 fully saturated rings. The number of methoxy groups -OCH3 is 1. The summed E-state index contributed by atoms with van der Waals surface area (Å²) in [6.45, 7) is 0.850. The summed E-state index contributed by atoms with van der Waals surface area (Å²) in [5, 5.41) is 8.39. The number of fused-ring (bicyclic) bond motifs is 1. The van der Waals surface area contributed by atoms with Crippen LogP contribution in [-0.2, 0) is 9.47 Å². The molecular formula is C22H22N4O4S. The van der Waals surface area contributed by atoms with Crippen LogP contribution in [0.1, 0.15) is 10.4 Å². The fourth-order valence-electron chi connectivity index (χ4n) is 3.90. The van der Waals surface area contributed by atoms with Crippen LogP contribution in [0.15, 0.2) is 54.0 Å². The Labute approximate surface area is 183 Å². The number of hydrogen-bond donors (Lipinski definition) is 2. The topological polar surface area (TPSA) is 94.6 Å². The van der Waals surface area contributed by atoms with Crippen LogP contribution < -0.4 is 15.4 Å². The Morgan fingerprint density at radius 3 is 2.61 bits per heavy atom. The van der Waals surface area contributed by atoms with Crippen molar-refractivity contribution in [3.63, 3.8) is 0 Å². The lowest BCUT2D eigenvalue weighted by Gasteiger charge is -2.18. The molecule has 0 radical (unpaired) electrons. The zero-order valence-corrected chi connectivity index (χ0v) is 17.7. The Hall–Kier alpha value is -3.01. The van der Waals surface area contributed by atoms with Crippen molar-refractivity contribution in [3.8, 4) is 16.3 Å². The van der Waals surface area contributed by atoms with E-state index >= 15 is 0 Å². The van der Waals surface area contributed by atoms with Gasteiger partial charge in [-0.15, -0.1) is 11.3 Å². The quantitative estimate of drug-likeness (QED) is 0.611. The van der Waals surface area contributed by atoms with Crippen molar-refractivity contribution >= 4 is 23.2 Å². The molecule has 9 heteroatoms. The molecule has 2 aliphatic heterocycles. The molecule has 2 aromatic heterocycles. The maximum absolute atomic E-state index is 12.6. The van der Waals surface area contributed by atoms with Crippen molar-refractivity contribution in [2.75, 3.05) is 25.6 Å². The molecule has 1 aromatic carbocycles. The minimum atomic E-state index is -0.222. The van der Waals surface area contributed by atoms with Crippen molar-refractivity contribution in [3.05, 3.63) is 59.6 Å². The number of nitrogens with zero attached hydrogens (tertiary/aromatic N) is 2. The van der Waals surface area contributed by atoms with E-state index in [4.69, 9.17) is 14.2 Å². The van der Waals surface area contributed by atoms with Gasteiger partial charge < -0.3 is 24.8 Å². The third-order valence-electron chi connectivity index (χ3n) is 5.47. The van der Waals surface area contributed by atoms with Crippen LogP contribution in [0.25, 0.3) is 10.6 Å². The fraction of sp³-hybridized carbons (Fsp3) is 0.318. The van der Waals surface area contributed by atoms with Gasteiger partial charge in [0.2, 0.25) is 5.95 Å². The van der Waals surface area contributed by atoms with Crippen LogP contribution in [0, 0.1) is 0 Å². The highest BCUT2D eigenvalue weighted by atomic mass is 32.1. The first-order valence-electron chi connectivity index (χ1n) is 10.0. The maximum atomic E-state index is 12.6. The monoisotopic (exact) mass is 438 g/mol. The zero-order valence-electron chi connectivity index (χ0n) is 16.9. The molecule has 8 nitrogen and oxygen atoms in total. The molecule has 2 saturated heterocycles. The predicted octanol–water partition coefficient (Wildman–Crippen LogP) is 2.59. The van der Waals surface area contributed by atoms with Crippen LogP contribution in [0.4, 0.5) is 5.95 Å². The van der Waals surface area contributed by atoms with Crippen LogP contribution in [0.3, 0.4) is 0 Å². The Morgan fingerprint density at radius 2 is 1.87 bits per heavy atom. The molecule has 0 aliphatic carbocycles. The normalized spacial score (nSPS) is 24.5. The van der Waals surface area contributed by atoms with E-state index in [0.717, 1.165) is 10.6 Å². The van der Waals surface area contributed by atoms with Gasteiger partial charge in [-0.05, 0) is 41.8 Å². The van der Waals surface area contributed by atoms with Crippen molar-refractivity contribution in [1.82, 2.24) is 15.3 Å². The summed E-state index contributed by atoms with van der Waals surface area (Å²) < 4.78 is 17.1. The molecule has 31 heavy (non-hydrogen) atoms. The summed E-state index contributed by atoms with van der Waals surface area (Å²) >= 11 is 1.63. The van der Waals surface area contributed by atoms with Gasteiger partial charge in [0.1, 0.15) is 18.0 Å². The number of carbonyl (C=O) groups is 1. The van der Waals surface area contributed by atoms with Gasteiger partial charge in [-0.25, -0.2) is 9.97 Å². The standard InChI is InChI=1S/C22H22N4O4S/c1-28-14-6-4-13(5-7-14)21(27)24-16-11-29-20-17(12-30-19(16)20)26-22-23-9-8-15(25-22)18-3-2-10-31-18/h2-10,16-17,19-20H,11-12H2,1H3,(H,24,27)(H,23,25,26)/t16-,17-,19+,20+/m0/s1. The molecular weight excluding hydrogens is 416 g/mol. The molecule has 4 atom stereocenters. The third-order valence-corrected chi connectivity index (χ3v) is 6.36. The smallest absolute Gasteiger partial charge is 0.251 e. The number of nitrogens with one attached hydrogen (secondary N) is 2. The molecule has 4 heterocycles. The second-order valence-electron chi connectivity index (χ2n) is 7.40. The molecule has 1 amide bonds. The van der Waals surface area contributed by atoms with E-state index in [9.17, 15) is 4.79 Å². The maximum Gasteiger partial charge on any atom is 0.251 e. The van der Waals surface area contributed by atoms with E-state index in [1.54, 1.807) is 48.9 Å². The number of anilines is 1. The highest BCUT2D eigenvalue weighted by Crippen LogP contribution is 2.29. The van der Waals surface area contributed by atoms with E-state index in [1.165, 1.54) is 0 Å². The Balaban J connectivity index is 1.22. The average Bonchev–Trinajstić information content (AvgIpc) is 3.55. The van der Waals surface area contributed by atoms with Gasteiger partial charge >= 0.3 is 0 Å². The van der Waals surface area contributed by atoms with Gasteiger partial charge in [-0.1, -0.05) is 6.07 Å². The Kier molecular flexibility index (Phi) is 5.54. The van der Waals surface area contributed by atoms with Crippen LogP contribution in [-0.4, -0.2) is 60.5 Å². The van der Waals surface area contributed by atoms with Gasteiger partial charge in [0, 0.05) is 11.8 Å². The number of aromatic nitrogens is 2. The van der Waals surface area contributed by atoms with Gasteiger partial charge in [0.05, 0.1) is 43.0 Å². The van der Waals surface area contributed by atoms with E-state index in [1.807, 2.05) is 23.6 Å². The van der Waals surface area contributed by atoms with Crippen LogP contribution in [0.5, 0.6) is 5.75 Å². The Bertz CT molecular complexity index is 1040. The summed E-state index contributed by atoms with van der Waals surface area (Å²) in [5.74, 6) is 1.08. The average molecular weight is 439 g/mol. The second-order valence-corrected chi connectivity index (χ2v) is 8.35. The van der Waals surface area contributed by atoms with Crippen LogP contribution in [0.2, 0.25) is 0 Å². The summed E-state index contributed by atoms with van der Waals surface area (Å²) in [6.07, 6.45) is 1.33. The Morgan fingerprint density at radius 1 is 1.10 bits per heavy atom. The van der Waals surface area contributed by atoms with E-state index in [-0.39, 0.29) is 30.2 Å². The lowest BCUT2D eigenvalue weighted by atomic mass is 10.1. The van der Waals surface area contributed by atoms with E-state index in [0.29, 0.717) is 30.5 Å². The minimum Gasteiger partial charge on any atom is -0.497 e. The number of benzene rings is 1. The number of amides is 1.